The molecule has 1 heterocycles. The highest BCUT2D eigenvalue weighted by atomic mass is 19.3. The van der Waals surface area contributed by atoms with Crippen molar-refractivity contribution in [3.05, 3.63) is 119 Å². The van der Waals surface area contributed by atoms with Crippen molar-refractivity contribution in [1.29, 1.82) is 5.26 Å². The van der Waals surface area contributed by atoms with Crippen molar-refractivity contribution < 1.29 is 31.4 Å². The van der Waals surface area contributed by atoms with Gasteiger partial charge in [0, 0.05) is 30.5 Å². The summed E-state index contributed by atoms with van der Waals surface area (Å²) in [4.78, 5) is 7.78. The Morgan fingerprint density at radius 1 is 0.810 bits per heavy atom. The number of halogens is 5. The largest absolute Gasteiger partial charge is 0.431 e. The maximum atomic E-state index is 13.2. The number of aromatic nitrogens is 1. The van der Waals surface area contributed by atoms with Crippen LogP contribution in [-0.4, -0.2) is 24.2 Å². The van der Waals surface area contributed by atoms with Gasteiger partial charge in [0.15, 0.2) is 11.5 Å². The summed E-state index contributed by atoms with van der Waals surface area (Å²) in [7, 11) is 0. The van der Waals surface area contributed by atoms with Gasteiger partial charge in [0.1, 0.15) is 5.82 Å². The van der Waals surface area contributed by atoms with Gasteiger partial charge >= 0.3 is 13.2 Å². The number of hydrogen-bond donors (Lipinski definition) is 2. The second-order valence-corrected chi connectivity index (χ2v) is 8.86. The molecule has 0 amide bonds. The highest BCUT2D eigenvalue weighted by Crippen LogP contribution is 2.37. The molecule has 0 saturated heterocycles. The highest BCUT2D eigenvalue weighted by molar-refractivity contribution is 5.94. The molecule has 0 unspecified atom stereocenters. The van der Waals surface area contributed by atoms with Crippen LogP contribution in [0.2, 0.25) is 0 Å². The minimum atomic E-state index is -3.25. The van der Waals surface area contributed by atoms with Crippen LogP contribution in [0.1, 0.15) is 28.2 Å². The van der Waals surface area contributed by atoms with Crippen molar-refractivity contribution in [1.82, 2.24) is 10.3 Å². The topological polar surface area (TPSA) is 91.6 Å². The molecular formula is C30H24F5N5O2. The molecule has 2 N–H and O–H groups in total. The predicted molar refractivity (Wildman–Crippen MR) is 146 cm³/mol. The lowest BCUT2D eigenvalue weighted by Crippen LogP contribution is -2.30. The first-order valence-corrected chi connectivity index (χ1v) is 12.5. The van der Waals surface area contributed by atoms with Gasteiger partial charge in [0.05, 0.1) is 0 Å². The Labute approximate surface area is 238 Å². The van der Waals surface area contributed by atoms with Crippen molar-refractivity contribution in [2.24, 2.45) is 4.99 Å². The molecule has 4 rings (SSSR count). The summed E-state index contributed by atoms with van der Waals surface area (Å²) in [5, 5.41) is 15.1. The van der Waals surface area contributed by atoms with Crippen molar-refractivity contribution >= 4 is 11.6 Å². The molecular weight excluding hydrogens is 557 g/mol. The molecule has 1 atom stereocenters. The molecule has 7 nitrogen and oxygen atoms in total. The number of alkyl halides is 4. The van der Waals surface area contributed by atoms with Crippen LogP contribution in [0.3, 0.4) is 0 Å². The zero-order valence-electron chi connectivity index (χ0n) is 21.9. The molecule has 12 heteroatoms. The summed E-state index contributed by atoms with van der Waals surface area (Å²) in [5.74, 6) is -1.60. The maximum Gasteiger partial charge on any atom is 0.387 e. The number of hydrogen-bond acceptors (Lipinski definition) is 5. The molecule has 1 aromatic heterocycles. The smallest absolute Gasteiger partial charge is 0.387 e. The third-order valence-corrected chi connectivity index (χ3v) is 6.10. The monoisotopic (exact) mass is 581 g/mol. The van der Waals surface area contributed by atoms with E-state index in [2.05, 4.69) is 30.1 Å². The lowest BCUT2D eigenvalue weighted by Gasteiger charge is -2.21. The molecule has 4 aromatic rings. The Bertz CT molecular complexity index is 1510. The molecule has 0 saturated carbocycles. The molecule has 0 radical (unpaired) electrons. The van der Waals surface area contributed by atoms with E-state index in [4.69, 9.17) is 5.26 Å². The lowest BCUT2D eigenvalue weighted by atomic mass is 9.86. The van der Waals surface area contributed by atoms with Gasteiger partial charge in [-0.3, -0.25) is 4.98 Å². The summed E-state index contributed by atoms with van der Waals surface area (Å²) in [6.45, 7) is -6.18. The zero-order chi connectivity index (χ0) is 29.9. The summed E-state index contributed by atoms with van der Waals surface area (Å²) < 4.78 is 73.9. The number of nitrogens with zero attached hydrogens (tertiary/aromatic N) is 3. The Balaban J connectivity index is 1.59. The molecule has 3 aromatic carbocycles. The Morgan fingerprint density at radius 2 is 1.45 bits per heavy atom. The van der Waals surface area contributed by atoms with Crippen LogP contribution in [0.4, 0.5) is 27.6 Å². The number of pyridine rings is 1. The van der Waals surface area contributed by atoms with E-state index in [1.807, 2.05) is 12.1 Å². The summed E-state index contributed by atoms with van der Waals surface area (Å²) in [6, 6.07) is 20.5. The molecule has 0 aliphatic heterocycles. The van der Waals surface area contributed by atoms with E-state index in [-0.39, 0.29) is 18.3 Å². The number of aliphatic imine (C=N–C) groups is 1. The predicted octanol–water partition coefficient (Wildman–Crippen LogP) is 6.84. The number of nitrogens with one attached hydrogen (secondary N) is 2. The molecule has 0 spiro atoms. The maximum absolute atomic E-state index is 13.2. The van der Waals surface area contributed by atoms with E-state index in [1.54, 1.807) is 55.0 Å². The van der Waals surface area contributed by atoms with E-state index in [9.17, 15) is 22.0 Å². The van der Waals surface area contributed by atoms with E-state index < -0.39 is 30.6 Å². The van der Waals surface area contributed by atoms with E-state index in [1.165, 1.54) is 30.3 Å². The first kappa shape index (κ1) is 29.8. The second-order valence-electron chi connectivity index (χ2n) is 8.86. The minimum absolute atomic E-state index is 0.173. The number of nitriles is 1. The third-order valence-electron chi connectivity index (χ3n) is 6.10. The van der Waals surface area contributed by atoms with Crippen molar-refractivity contribution in [3.63, 3.8) is 0 Å². The van der Waals surface area contributed by atoms with Gasteiger partial charge in [0.2, 0.25) is 12.2 Å². The van der Waals surface area contributed by atoms with Crippen molar-refractivity contribution in [3.8, 4) is 17.7 Å². The van der Waals surface area contributed by atoms with Gasteiger partial charge in [-0.2, -0.15) is 22.8 Å². The molecule has 42 heavy (non-hydrogen) atoms. The van der Waals surface area contributed by atoms with E-state index >= 15 is 0 Å². The number of benzene rings is 3. The fourth-order valence-corrected chi connectivity index (χ4v) is 4.19. The average Bonchev–Trinajstić information content (AvgIpc) is 2.97. The van der Waals surface area contributed by atoms with Crippen LogP contribution >= 0.6 is 0 Å². The average molecular weight is 582 g/mol. The fourth-order valence-electron chi connectivity index (χ4n) is 4.19. The number of rotatable bonds is 11. The summed E-state index contributed by atoms with van der Waals surface area (Å²) in [6.07, 6.45) is 5.40. The second kappa shape index (κ2) is 14.5. The van der Waals surface area contributed by atoms with Crippen LogP contribution in [0.25, 0.3) is 0 Å². The molecule has 216 valence electrons. The van der Waals surface area contributed by atoms with Crippen LogP contribution < -0.4 is 20.1 Å². The van der Waals surface area contributed by atoms with Gasteiger partial charge < -0.3 is 20.1 Å². The zero-order valence-corrected chi connectivity index (χ0v) is 21.9. The van der Waals surface area contributed by atoms with Gasteiger partial charge in [-0.25, -0.2) is 4.39 Å². The molecule has 0 bridgehead atoms. The van der Waals surface area contributed by atoms with Gasteiger partial charge in [-0.15, -0.1) is 4.99 Å². The molecule has 0 aliphatic rings. The Morgan fingerprint density at radius 3 is 2.10 bits per heavy atom. The summed E-state index contributed by atoms with van der Waals surface area (Å²) in [5.41, 5.74) is 3.57. The lowest BCUT2D eigenvalue weighted by molar-refractivity contribution is -0.0692. The normalized spacial score (nSPS) is 12.1. The number of anilines is 1. The van der Waals surface area contributed by atoms with Gasteiger partial charge in [0.25, 0.3) is 0 Å². The Hall–Kier alpha value is -5.18. The van der Waals surface area contributed by atoms with E-state index in [0.717, 1.165) is 16.7 Å². The first-order chi connectivity index (χ1) is 20.3. The standard InChI is InChI=1S/C30H24F5N5O2/c31-23-6-1-20(2-7-23)17-38-30(39-18-36)40-24-8-3-21(4-9-24)25(15-19-11-13-37-14-12-19)22-5-10-26(41-28(32)33)27(16-22)42-29(34)35/h1-14,16,25,28-29H,15,17H2,(H2,38,39,40)/t25-/m1/s1. The van der Waals surface area contributed by atoms with Crippen LogP contribution in [0.5, 0.6) is 11.5 Å². The van der Waals surface area contributed by atoms with Crippen LogP contribution in [-0.2, 0) is 13.0 Å². The summed E-state index contributed by atoms with van der Waals surface area (Å²) >= 11 is 0. The SMILES string of the molecule is N#C/N=C(\NCc1ccc(F)cc1)Nc1ccc([C@@H](Cc2ccncc2)c2ccc(OC(F)F)c(OC(F)F)c2)cc1. The first-order valence-electron chi connectivity index (χ1n) is 12.5. The van der Waals surface area contributed by atoms with Gasteiger partial charge in [-0.05, 0) is 77.2 Å². The number of guanidine groups is 1. The highest BCUT2D eigenvalue weighted by Gasteiger charge is 2.21. The van der Waals surface area contributed by atoms with Gasteiger partial charge in [-0.1, -0.05) is 30.3 Å². The van der Waals surface area contributed by atoms with Crippen LogP contribution in [0, 0.1) is 17.3 Å². The minimum Gasteiger partial charge on any atom is -0.431 e. The fraction of sp³-hybridized carbons (Fsp3) is 0.167. The molecule has 0 aliphatic carbocycles. The Kier molecular flexibility index (Phi) is 10.3. The van der Waals surface area contributed by atoms with E-state index in [0.29, 0.717) is 17.7 Å². The third kappa shape index (κ3) is 8.66. The molecule has 0 fully saturated rings. The van der Waals surface area contributed by atoms with Crippen molar-refractivity contribution in [2.45, 2.75) is 32.1 Å². The van der Waals surface area contributed by atoms with Crippen LogP contribution in [0.15, 0.2) is 96.2 Å². The number of ether oxygens (including phenoxy) is 2. The van der Waals surface area contributed by atoms with Crippen molar-refractivity contribution in [2.75, 3.05) is 5.32 Å². The quantitative estimate of drug-likeness (QED) is 0.0873.